The standard InChI is InChI=1S/C15H19ClN4/c1-20-4-2-11(3-5-20)19-12-6-10-9-18-15(17)8-13(10)14(16)7-12/h6-9,11,19H,2-5H2,1H3,(H2,17,18). The summed E-state index contributed by atoms with van der Waals surface area (Å²) >= 11 is 6.34. The Morgan fingerprint density at radius 1 is 1.30 bits per heavy atom. The molecule has 0 bridgehead atoms. The van der Waals surface area contributed by atoms with Gasteiger partial charge in [0, 0.05) is 28.7 Å². The molecule has 0 radical (unpaired) electrons. The van der Waals surface area contributed by atoms with Gasteiger partial charge in [-0.05, 0) is 51.2 Å². The molecule has 20 heavy (non-hydrogen) atoms. The molecule has 2 heterocycles. The molecule has 0 aliphatic carbocycles. The van der Waals surface area contributed by atoms with Gasteiger partial charge in [-0.3, -0.25) is 0 Å². The van der Waals surface area contributed by atoms with E-state index in [0.717, 1.165) is 42.4 Å². The van der Waals surface area contributed by atoms with E-state index >= 15 is 0 Å². The Balaban J connectivity index is 1.83. The Kier molecular flexibility index (Phi) is 3.68. The summed E-state index contributed by atoms with van der Waals surface area (Å²) < 4.78 is 0. The molecule has 1 aromatic carbocycles. The number of nitrogens with two attached hydrogens (primary N) is 1. The number of fused-ring (bicyclic) bond motifs is 1. The monoisotopic (exact) mass is 290 g/mol. The van der Waals surface area contributed by atoms with Crippen LogP contribution in [0, 0.1) is 0 Å². The van der Waals surface area contributed by atoms with Gasteiger partial charge in [-0.25, -0.2) is 4.98 Å². The van der Waals surface area contributed by atoms with E-state index in [1.165, 1.54) is 0 Å². The maximum absolute atomic E-state index is 6.34. The summed E-state index contributed by atoms with van der Waals surface area (Å²) in [4.78, 5) is 6.49. The molecule has 1 fully saturated rings. The van der Waals surface area contributed by atoms with Crippen LogP contribution in [0.25, 0.3) is 10.8 Å². The van der Waals surface area contributed by atoms with Crippen LogP contribution in [0.2, 0.25) is 5.02 Å². The minimum absolute atomic E-state index is 0.496. The zero-order valence-electron chi connectivity index (χ0n) is 11.6. The van der Waals surface area contributed by atoms with E-state index in [0.29, 0.717) is 16.9 Å². The molecule has 0 atom stereocenters. The van der Waals surface area contributed by atoms with Gasteiger partial charge in [0.2, 0.25) is 0 Å². The fourth-order valence-corrected chi connectivity index (χ4v) is 2.98. The van der Waals surface area contributed by atoms with Crippen LogP contribution in [-0.4, -0.2) is 36.1 Å². The lowest BCUT2D eigenvalue weighted by Gasteiger charge is -2.30. The topological polar surface area (TPSA) is 54.2 Å². The number of aromatic nitrogens is 1. The van der Waals surface area contributed by atoms with Gasteiger partial charge in [0.1, 0.15) is 5.82 Å². The smallest absolute Gasteiger partial charge is 0.123 e. The molecule has 0 saturated carbocycles. The fraction of sp³-hybridized carbons (Fsp3) is 0.400. The maximum Gasteiger partial charge on any atom is 0.123 e. The van der Waals surface area contributed by atoms with Gasteiger partial charge in [0.25, 0.3) is 0 Å². The molecule has 3 rings (SSSR count). The number of nitrogen functional groups attached to an aromatic ring is 1. The zero-order valence-corrected chi connectivity index (χ0v) is 12.3. The van der Waals surface area contributed by atoms with Gasteiger partial charge < -0.3 is 16.0 Å². The van der Waals surface area contributed by atoms with Gasteiger partial charge in [-0.15, -0.1) is 0 Å². The van der Waals surface area contributed by atoms with Crippen LogP contribution in [0.5, 0.6) is 0 Å². The van der Waals surface area contributed by atoms with E-state index in [1.54, 1.807) is 6.20 Å². The third-order valence-corrected chi connectivity index (χ3v) is 4.21. The molecular weight excluding hydrogens is 272 g/mol. The van der Waals surface area contributed by atoms with Gasteiger partial charge in [0.15, 0.2) is 0 Å². The fourth-order valence-electron chi connectivity index (χ4n) is 2.70. The van der Waals surface area contributed by atoms with Gasteiger partial charge in [-0.2, -0.15) is 0 Å². The third kappa shape index (κ3) is 2.81. The summed E-state index contributed by atoms with van der Waals surface area (Å²) in [6.45, 7) is 2.27. The molecule has 4 nitrogen and oxygen atoms in total. The number of benzene rings is 1. The number of likely N-dealkylation sites (tertiary alicyclic amines) is 1. The van der Waals surface area contributed by atoms with Gasteiger partial charge in [0.05, 0.1) is 5.02 Å². The molecule has 1 aromatic heterocycles. The van der Waals surface area contributed by atoms with E-state index in [4.69, 9.17) is 17.3 Å². The molecule has 1 aliphatic rings. The van der Waals surface area contributed by atoms with Gasteiger partial charge >= 0.3 is 0 Å². The zero-order chi connectivity index (χ0) is 14.1. The molecular formula is C15H19ClN4. The summed E-state index contributed by atoms with van der Waals surface area (Å²) in [6.07, 6.45) is 4.09. The Labute approximate surface area is 123 Å². The highest BCUT2D eigenvalue weighted by Gasteiger charge is 2.16. The van der Waals surface area contributed by atoms with E-state index in [9.17, 15) is 0 Å². The molecule has 0 amide bonds. The lowest BCUT2D eigenvalue weighted by Crippen LogP contribution is -2.36. The van der Waals surface area contributed by atoms with Crippen molar-refractivity contribution in [2.45, 2.75) is 18.9 Å². The van der Waals surface area contributed by atoms with E-state index in [-0.39, 0.29) is 0 Å². The van der Waals surface area contributed by atoms with Crippen molar-refractivity contribution >= 4 is 33.9 Å². The normalized spacial score (nSPS) is 17.5. The van der Waals surface area contributed by atoms with E-state index in [2.05, 4.69) is 28.3 Å². The Hall–Kier alpha value is -1.52. The average molecular weight is 291 g/mol. The maximum atomic E-state index is 6.34. The predicted octanol–water partition coefficient (Wildman–Crippen LogP) is 2.98. The number of piperidine rings is 1. The molecule has 0 unspecified atom stereocenters. The Morgan fingerprint density at radius 3 is 2.80 bits per heavy atom. The quantitative estimate of drug-likeness (QED) is 0.893. The predicted molar refractivity (Wildman–Crippen MR) is 85.3 cm³/mol. The van der Waals surface area contributed by atoms with Crippen molar-refractivity contribution in [3.8, 4) is 0 Å². The van der Waals surface area contributed by atoms with Crippen LogP contribution in [-0.2, 0) is 0 Å². The first-order valence-electron chi connectivity index (χ1n) is 6.92. The van der Waals surface area contributed by atoms with Crippen LogP contribution >= 0.6 is 11.6 Å². The van der Waals surface area contributed by atoms with Crippen molar-refractivity contribution in [1.29, 1.82) is 0 Å². The summed E-state index contributed by atoms with van der Waals surface area (Å²) in [5, 5.41) is 6.26. The van der Waals surface area contributed by atoms with Crippen molar-refractivity contribution in [3.05, 3.63) is 29.4 Å². The average Bonchev–Trinajstić information content (AvgIpc) is 2.42. The lowest BCUT2D eigenvalue weighted by atomic mass is 10.0. The highest BCUT2D eigenvalue weighted by Crippen LogP contribution is 2.29. The number of halogens is 1. The summed E-state index contributed by atoms with van der Waals surface area (Å²) in [7, 11) is 2.17. The number of hydrogen-bond acceptors (Lipinski definition) is 4. The van der Waals surface area contributed by atoms with Crippen LogP contribution in [0.4, 0.5) is 11.5 Å². The Morgan fingerprint density at radius 2 is 2.05 bits per heavy atom. The third-order valence-electron chi connectivity index (χ3n) is 3.90. The van der Waals surface area contributed by atoms with Crippen molar-refractivity contribution in [3.63, 3.8) is 0 Å². The van der Waals surface area contributed by atoms with Crippen LogP contribution in [0.15, 0.2) is 24.4 Å². The molecule has 1 saturated heterocycles. The minimum atomic E-state index is 0.496. The molecule has 1 aliphatic heterocycles. The minimum Gasteiger partial charge on any atom is -0.384 e. The number of hydrogen-bond donors (Lipinski definition) is 2. The van der Waals surface area contributed by atoms with Crippen molar-refractivity contribution in [2.75, 3.05) is 31.2 Å². The highest BCUT2D eigenvalue weighted by atomic mass is 35.5. The number of anilines is 2. The first kappa shape index (κ1) is 13.5. The summed E-state index contributed by atoms with van der Waals surface area (Å²) in [5.74, 6) is 0.496. The second-order valence-electron chi connectivity index (χ2n) is 5.51. The first-order valence-corrected chi connectivity index (χ1v) is 7.29. The Bertz CT molecular complexity index is 621. The lowest BCUT2D eigenvalue weighted by molar-refractivity contribution is 0.264. The molecule has 5 heteroatoms. The summed E-state index contributed by atoms with van der Waals surface area (Å²) in [5.41, 5.74) is 6.76. The summed E-state index contributed by atoms with van der Waals surface area (Å²) in [6, 6.07) is 6.39. The SMILES string of the molecule is CN1CCC(Nc2cc(Cl)c3cc(N)ncc3c2)CC1. The van der Waals surface area contributed by atoms with Crippen LogP contribution < -0.4 is 11.1 Å². The van der Waals surface area contributed by atoms with E-state index < -0.39 is 0 Å². The van der Waals surface area contributed by atoms with Crippen LogP contribution in [0.1, 0.15) is 12.8 Å². The second kappa shape index (κ2) is 5.46. The second-order valence-corrected chi connectivity index (χ2v) is 5.92. The number of rotatable bonds is 2. The molecule has 106 valence electrons. The first-order chi connectivity index (χ1) is 9.61. The van der Waals surface area contributed by atoms with E-state index in [1.807, 2.05) is 12.1 Å². The number of nitrogens with one attached hydrogen (secondary N) is 1. The largest absolute Gasteiger partial charge is 0.384 e. The molecule has 0 spiro atoms. The van der Waals surface area contributed by atoms with Gasteiger partial charge in [-0.1, -0.05) is 11.6 Å². The molecule has 2 aromatic rings. The number of pyridine rings is 1. The van der Waals surface area contributed by atoms with Crippen molar-refractivity contribution in [1.82, 2.24) is 9.88 Å². The highest BCUT2D eigenvalue weighted by molar-refractivity contribution is 6.36. The van der Waals surface area contributed by atoms with Crippen molar-refractivity contribution in [2.24, 2.45) is 0 Å². The number of nitrogens with zero attached hydrogens (tertiary/aromatic N) is 2. The molecule has 3 N–H and O–H groups in total. The van der Waals surface area contributed by atoms with Crippen LogP contribution in [0.3, 0.4) is 0 Å². The van der Waals surface area contributed by atoms with Crippen molar-refractivity contribution < 1.29 is 0 Å².